The van der Waals surface area contributed by atoms with Gasteiger partial charge in [-0.1, -0.05) is 74.4 Å². The third-order valence-corrected chi connectivity index (χ3v) is 4.55. The Bertz CT molecular complexity index is 590. The van der Waals surface area contributed by atoms with Gasteiger partial charge in [0.1, 0.15) is 5.75 Å². The van der Waals surface area contributed by atoms with Crippen LogP contribution < -0.4 is 4.74 Å². The SMILES string of the molecule is CCN(C)C(=O)Oc1c(C(C)(C)C)cc(C(C)(C)C)cc1C(C)(C)C. The van der Waals surface area contributed by atoms with Gasteiger partial charge in [-0.25, -0.2) is 4.79 Å². The maximum absolute atomic E-state index is 12.5. The van der Waals surface area contributed by atoms with Gasteiger partial charge in [0, 0.05) is 24.7 Å². The summed E-state index contributed by atoms with van der Waals surface area (Å²) in [5.74, 6) is 0.721. The number of carbonyl (C=O) groups excluding carboxylic acids is 1. The average Bonchev–Trinajstić information content (AvgIpc) is 2.42. The van der Waals surface area contributed by atoms with E-state index in [9.17, 15) is 4.79 Å². The quantitative estimate of drug-likeness (QED) is 0.653. The molecule has 0 unspecified atom stereocenters. The molecule has 25 heavy (non-hydrogen) atoms. The van der Waals surface area contributed by atoms with E-state index in [1.807, 2.05) is 6.92 Å². The van der Waals surface area contributed by atoms with Crippen LogP contribution in [0.4, 0.5) is 4.79 Å². The monoisotopic (exact) mass is 347 g/mol. The van der Waals surface area contributed by atoms with Crippen molar-refractivity contribution in [2.24, 2.45) is 0 Å². The Labute approximate surface area is 154 Å². The van der Waals surface area contributed by atoms with Crippen molar-refractivity contribution in [2.45, 2.75) is 85.5 Å². The Morgan fingerprint density at radius 1 is 0.880 bits per heavy atom. The zero-order valence-electron chi connectivity index (χ0n) is 18.1. The number of hydrogen-bond donors (Lipinski definition) is 0. The van der Waals surface area contributed by atoms with E-state index in [1.54, 1.807) is 11.9 Å². The molecule has 1 amide bonds. The molecular weight excluding hydrogens is 310 g/mol. The summed E-state index contributed by atoms with van der Waals surface area (Å²) >= 11 is 0. The first-order valence-electron chi connectivity index (χ1n) is 9.21. The molecule has 0 aromatic heterocycles. The van der Waals surface area contributed by atoms with E-state index in [0.29, 0.717) is 6.54 Å². The van der Waals surface area contributed by atoms with Gasteiger partial charge in [-0.05, 0) is 28.7 Å². The van der Waals surface area contributed by atoms with Crippen LogP contribution in [0.5, 0.6) is 5.75 Å². The minimum absolute atomic E-state index is 0.0305. The molecule has 1 rings (SSSR count). The second kappa shape index (κ2) is 7.01. The molecule has 3 heteroatoms. The fourth-order valence-corrected chi connectivity index (χ4v) is 2.58. The van der Waals surface area contributed by atoms with E-state index in [4.69, 9.17) is 4.74 Å². The highest BCUT2D eigenvalue weighted by atomic mass is 16.6. The Morgan fingerprint density at radius 3 is 1.56 bits per heavy atom. The lowest BCUT2D eigenvalue weighted by Gasteiger charge is -2.33. The Kier molecular flexibility index (Phi) is 6.04. The highest BCUT2D eigenvalue weighted by Crippen LogP contribution is 2.43. The van der Waals surface area contributed by atoms with Gasteiger partial charge in [0.05, 0.1) is 0 Å². The minimum atomic E-state index is -0.304. The van der Waals surface area contributed by atoms with Crippen molar-refractivity contribution < 1.29 is 9.53 Å². The molecule has 0 aliphatic heterocycles. The zero-order valence-corrected chi connectivity index (χ0v) is 18.1. The summed E-state index contributed by atoms with van der Waals surface area (Å²) in [5, 5.41) is 0. The van der Waals surface area contributed by atoms with Crippen molar-refractivity contribution in [1.82, 2.24) is 4.90 Å². The fraction of sp³-hybridized carbons (Fsp3) is 0.682. The molecule has 3 nitrogen and oxygen atoms in total. The van der Waals surface area contributed by atoms with Crippen molar-refractivity contribution in [3.63, 3.8) is 0 Å². The Morgan fingerprint density at radius 2 is 1.28 bits per heavy atom. The number of ether oxygens (including phenoxy) is 1. The molecule has 0 spiro atoms. The highest BCUT2D eigenvalue weighted by Gasteiger charge is 2.31. The minimum Gasteiger partial charge on any atom is -0.410 e. The molecule has 0 saturated carbocycles. The van der Waals surface area contributed by atoms with E-state index in [2.05, 4.69) is 74.4 Å². The summed E-state index contributed by atoms with van der Waals surface area (Å²) in [4.78, 5) is 14.1. The van der Waals surface area contributed by atoms with Gasteiger partial charge in [0.2, 0.25) is 0 Å². The first kappa shape index (κ1) is 21.5. The van der Waals surface area contributed by atoms with Crippen LogP contribution in [-0.2, 0) is 16.2 Å². The Balaban J connectivity index is 3.73. The van der Waals surface area contributed by atoms with Crippen molar-refractivity contribution in [1.29, 1.82) is 0 Å². The average molecular weight is 348 g/mol. The number of nitrogens with zero attached hydrogens (tertiary/aromatic N) is 1. The number of benzene rings is 1. The van der Waals surface area contributed by atoms with E-state index in [-0.39, 0.29) is 22.3 Å². The van der Waals surface area contributed by atoms with E-state index < -0.39 is 0 Å². The van der Waals surface area contributed by atoms with Crippen molar-refractivity contribution in [3.8, 4) is 5.75 Å². The van der Waals surface area contributed by atoms with Crippen LogP contribution in [0.3, 0.4) is 0 Å². The third kappa shape index (κ3) is 5.23. The molecule has 1 aromatic rings. The van der Waals surface area contributed by atoms with Gasteiger partial charge in [-0.15, -0.1) is 0 Å². The van der Waals surface area contributed by atoms with Gasteiger partial charge in [0.25, 0.3) is 0 Å². The highest BCUT2D eigenvalue weighted by molar-refractivity contribution is 5.72. The fourth-order valence-electron chi connectivity index (χ4n) is 2.58. The molecule has 0 heterocycles. The van der Waals surface area contributed by atoms with Crippen molar-refractivity contribution >= 4 is 6.09 Å². The first-order chi connectivity index (χ1) is 11.1. The van der Waals surface area contributed by atoms with Gasteiger partial charge >= 0.3 is 6.09 Å². The first-order valence-corrected chi connectivity index (χ1v) is 9.21. The van der Waals surface area contributed by atoms with E-state index in [1.165, 1.54) is 5.56 Å². The summed E-state index contributed by atoms with van der Waals surface area (Å²) < 4.78 is 5.94. The van der Waals surface area contributed by atoms with Crippen LogP contribution in [0.1, 0.15) is 85.9 Å². The number of hydrogen-bond acceptors (Lipinski definition) is 2. The lowest BCUT2D eigenvalue weighted by atomic mass is 9.75. The third-order valence-electron chi connectivity index (χ3n) is 4.55. The summed E-state index contributed by atoms with van der Waals surface area (Å²) in [6.45, 7) is 22.2. The van der Waals surface area contributed by atoms with Crippen LogP contribution in [-0.4, -0.2) is 24.6 Å². The summed E-state index contributed by atoms with van der Waals surface area (Å²) in [7, 11) is 1.76. The summed E-state index contributed by atoms with van der Waals surface area (Å²) in [6.07, 6.45) is -0.304. The molecule has 0 N–H and O–H groups in total. The van der Waals surface area contributed by atoms with Gasteiger partial charge in [-0.3, -0.25) is 0 Å². The predicted octanol–water partition coefficient (Wildman–Crippen LogP) is 6.03. The molecule has 0 aliphatic carbocycles. The van der Waals surface area contributed by atoms with Crippen LogP contribution in [0.25, 0.3) is 0 Å². The molecule has 0 aliphatic rings. The Hall–Kier alpha value is -1.51. The van der Waals surface area contributed by atoms with Crippen LogP contribution in [0.2, 0.25) is 0 Å². The van der Waals surface area contributed by atoms with Crippen molar-refractivity contribution in [3.05, 3.63) is 28.8 Å². The molecular formula is C22H37NO2. The molecule has 0 bridgehead atoms. The molecule has 0 atom stereocenters. The molecule has 0 saturated heterocycles. The van der Waals surface area contributed by atoms with Gasteiger partial charge < -0.3 is 9.64 Å². The topological polar surface area (TPSA) is 29.5 Å². The number of amides is 1. The van der Waals surface area contributed by atoms with Crippen LogP contribution >= 0.6 is 0 Å². The zero-order chi connectivity index (χ0) is 19.8. The predicted molar refractivity (Wildman–Crippen MR) is 107 cm³/mol. The molecule has 0 radical (unpaired) electrons. The second-order valence-corrected chi connectivity index (χ2v) is 10.0. The molecule has 1 aromatic carbocycles. The summed E-state index contributed by atoms with van der Waals surface area (Å²) in [6, 6.07) is 4.42. The molecule has 142 valence electrons. The maximum Gasteiger partial charge on any atom is 0.414 e. The lowest BCUT2D eigenvalue weighted by molar-refractivity contribution is 0.163. The number of carbonyl (C=O) groups is 1. The van der Waals surface area contributed by atoms with Crippen molar-refractivity contribution in [2.75, 3.05) is 13.6 Å². The van der Waals surface area contributed by atoms with E-state index in [0.717, 1.165) is 16.9 Å². The van der Waals surface area contributed by atoms with Crippen LogP contribution in [0, 0.1) is 0 Å². The number of rotatable bonds is 2. The van der Waals surface area contributed by atoms with E-state index >= 15 is 0 Å². The van der Waals surface area contributed by atoms with Gasteiger partial charge in [-0.2, -0.15) is 0 Å². The normalized spacial score (nSPS) is 12.9. The second-order valence-electron chi connectivity index (χ2n) is 10.0. The smallest absolute Gasteiger partial charge is 0.410 e. The largest absolute Gasteiger partial charge is 0.414 e. The maximum atomic E-state index is 12.5. The standard InChI is InChI=1S/C22H37NO2/c1-12-23(11)19(24)25-18-16(21(5,6)7)13-15(20(2,3)4)14-17(18)22(8,9)10/h13-14H,12H2,1-11H3. The summed E-state index contributed by atoms with van der Waals surface area (Å²) in [5.41, 5.74) is 3.22. The lowest BCUT2D eigenvalue weighted by Crippen LogP contribution is -2.32. The van der Waals surface area contributed by atoms with Crippen LogP contribution in [0.15, 0.2) is 12.1 Å². The van der Waals surface area contributed by atoms with Gasteiger partial charge in [0.15, 0.2) is 0 Å². The molecule has 0 fully saturated rings.